The van der Waals surface area contributed by atoms with Crippen LogP contribution in [0.1, 0.15) is 5.56 Å². The molecule has 1 saturated heterocycles. The molecule has 6 nitrogen and oxygen atoms in total. The zero-order valence-corrected chi connectivity index (χ0v) is 16.8. The van der Waals surface area contributed by atoms with E-state index in [2.05, 4.69) is 62.4 Å². The minimum atomic E-state index is 0.880. The van der Waals surface area contributed by atoms with E-state index in [4.69, 9.17) is 5.10 Å². The summed E-state index contributed by atoms with van der Waals surface area (Å²) < 4.78 is 1.99. The highest BCUT2D eigenvalue weighted by molar-refractivity contribution is 5.63. The van der Waals surface area contributed by atoms with Crippen molar-refractivity contribution < 1.29 is 0 Å². The molecule has 0 atom stereocenters. The molecule has 2 aromatic heterocycles. The third kappa shape index (κ3) is 3.95. The van der Waals surface area contributed by atoms with Crippen molar-refractivity contribution in [3.8, 4) is 16.9 Å². The molecule has 1 aliphatic rings. The van der Waals surface area contributed by atoms with Gasteiger partial charge in [0.25, 0.3) is 0 Å². The molecule has 0 N–H and O–H groups in total. The molecule has 0 amide bonds. The lowest BCUT2D eigenvalue weighted by atomic mass is 10.1. The molecule has 3 heterocycles. The molecular weight excluding hydrogens is 372 g/mol. The second-order valence-corrected chi connectivity index (χ2v) is 7.48. The highest BCUT2D eigenvalue weighted by Gasteiger charge is 2.21. The average molecular weight is 396 g/mol. The SMILES string of the molecule is c1ccc(-c2nn(-c3ccccc3)cc2CN2CCN(c3cnccn3)CC2)cc1. The van der Waals surface area contributed by atoms with Crippen molar-refractivity contribution in [2.75, 3.05) is 31.1 Å². The van der Waals surface area contributed by atoms with Gasteiger partial charge in [0, 0.05) is 62.4 Å². The summed E-state index contributed by atoms with van der Waals surface area (Å²) in [7, 11) is 0. The first-order chi connectivity index (χ1) is 14.9. The molecule has 0 unspecified atom stereocenters. The largest absolute Gasteiger partial charge is 0.353 e. The van der Waals surface area contributed by atoms with Gasteiger partial charge in [-0.25, -0.2) is 9.67 Å². The van der Waals surface area contributed by atoms with Gasteiger partial charge < -0.3 is 4.90 Å². The zero-order valence-electron chi connectivity index (χ0n) is 16.8. The number of nitrogens with zero attached hydrogens (tertiary/aromatic N) is 6. The Bertz CT molecular complexity index is 1070. The van der Waals surface area contributed by atoms with Crippen LogP contribution in [0.5, 0.6) is 0 Å². The quantitative estimate of drug-likeness (QED) is 0.515. The predicted molar refractivity (Wildman–Crippen MR) is 119 cm³/mol. The Hall–Kier alpha value is -3.51. The van der Waals surface area contributed by atoms with Gasteiger partial charge in [-0.1, -0.05) is 48.5 Å². The minimum absolute atomic E-state index is 0.880. The van der Waals surface area contributed by atoms with Crippen LogP contribution in [-0.2, 0) is 6.54 Å². The highest BCUT2D eigenvalue weighted by Crippen LogP contribution is 2.25. The Kier molecular flexibility index (Phi) is 5.23. The van der Waals surface area contributed by atoms with Crippen LogP contribution in [0.25, 0.3) is 16.9 Å². The number of piperazine rings is 1. The van der Waals surface area contributed by atoms with Crippen LogP contribution in [0.4, 0.5) is 5.82 Å². The van der Waals surface area contributed by atoms with Crippen LogP contribution in [0.15, 0.2) is 85.5 Å². The van der Waals surface area contributed by atoms with Crippen LogP contribution in [0.2, 0.25) is 0 Å². The summed E-state index contributed by atoms with van der Waals surface area (Å²) >= 11 is 0. The van der Waals surface area contributed by atoms with E-state index < -0.39 is 0 Å². The van der Waals surface area contributed by atoms with Gasteiger partial charge in [-0.3, -0.25) is 9.88 Å². The molecule has 30 heavy (non-hydrogen) atoms. The van der Waals surface area contributed by atoms with E-state index in [0.29, 0.717) is 0 Å². The van der Waals surface area contributed by atoms with E-state index in [1.165, 1.54) is 5.56 Å². The Labute approximate surface area is 176 Å². The van der Waals surface area contributed by atoms with Crippen molar-refractivity contribution in [3.05, 3.63) is 91.0 Å². The van der Waals surface area contributed by atoms with E-state index in [1.807, 2.05) is 35.1 Å². The van der Waals surface area contributed by atoms with Crippen molar-refractivity contribution in [1.29, 1.82) is 0 Å². The van der Waals surface area contributed by atoms with Gasteiger partial charge in [-0.15, -0.1) is 0 Å². The standard InChI is InChI=1S/C24H24N6/c1-3-7-20(8-4-1)24-21(19-30(27-24)22-9-5-2-6-10-22)18-28-13-15-29(16-14-28)23-17-25-11-12-26-23/h1-12,17,19H,13-16,18H2. The molecule has 1 fully saturated rings. The second-order valence-electron chi connectivity index (χ2n) is 7.48. The van der Waals surface area contributed by atoms with Crippen molar-refractivity contribution in [3.63, 3.8) is 0 Å². The Morgan fingerprint density at radius 3 is 2.23 bits per heavy atom. The molecule has 150 valence electrons. The van der Waals surface area contributed by atoms with Crippen molar-refractivity contribution in [2.45, 2.75) is 6.54 Å². The van der Waals surface area contributed by atoms with E-state index in [1.54, 1.807) is 12.4 Å². The topological polar surface area (TPSA) is 50.1 Å². The number of anilines is 1. The van der Waals surface area contributed by atoms with Gasteiger partial charge in [-0.2, -0.15) is 5.10 Å². The normalized spacial score (nSPS) is 14.7. The summed E-state index contributed by atoms with van der Waals surface area (Å²) in [6.45, 7) is 4.76. The average Bonchev–Trinajstić information content (AvgIpc) is 3.25. The third-order valence-corrected chi connectivity index (χ3v) is 5.50. The van der Waals surface area contributed by atoms with Gasteiger partial charge in [0.05, 0.1) is 17.6 Å². The lowest BCUT2D eigenvalue weighted by Crippen LogP contribution is -2.46. The predicted octanol–water partition coefficient (Wildman–Crippen LogP) is 3.65. The summed E-state index contributed by atoms with van der Waals surface area (Å²) in [6.07, 6.45) is 7.49. The Morgan fingerprint density at radius 2 is 1.53 bits per heavy atom. The first-order valence-corrected chi connectivity index (χ1v) is 10.3. The highest BCUT2D eigenvalue weighted by atomic mass is 15.3. The fraction of sp³-hybridized carbons (Fsp3) is 0.208. The van der Waals surface area contributed by atoms with E-state index in [0.717, 1.165) is 55.5 Å². The lowest BCUT2D eigenvalue weighted by Gasteiger charge is -2.35. The summed E-state index contributed by atoms with van der Waals surface area (Å²) in [4.78, 5) is 13.4. The molecule has 0 aliphatic carbocycles. The summed E-state index contributed by atoms with van der Waals surface area (Å²) in [5, 5.41) is 4.94. The fourth-order valence-electron chi connectivity index (χ4n) is 3.91. The molecule has 2 aromatic carbocycles. The molecular formula is C24H24N6. The number of hydrogen-bond acceptors (Lipinski definition) is 5. The maximum Gasteiger partial charge on any atom is 0.147 e. The van der Waals surface area contributed by atoms with Crippen LogP contribution in [0.3, 0.4) is 0 Å². The Balaban J connectivity index is 1.37. The van der Waals surface area contributed by atoms with E-state index in [-0.39, 0.29) is 0 Å². The van der Waals surface area contributed by atoms with Crippen LogP contribution < -0.4 is 4.90 Å². The number of rotatable bonds is 5. The minimum Gasteiger partial charge on any atom is -0.353 e. The number of aromatic nitrogens is 4. The molecule has 6 heteroatoms. The molecule has 0 radical (unpaired) electrons. The first-order valence-electron chi connectivity index (χ1n) is 10.3. The van der Waals surface area contributed by atoms with Crippen LogP contribution in [0, 0.1) is 0 Å². The molecule has 5 rings (SSSR count). The summed E-state index contributed by atoms with van der Waals surface area (Å²) in [5.41, 5.74) is 4.53. The molecule has 4 aromatic rings. The van der Waals surface area contributed by atoms with Crippen molar-refractivity contribution in [1.82, 2.24) is 24.6 Å². The van der Waals surface area contributed by atoms with Gasteiger partial charge >= 0.3 is 0 Å². The third-order valence-electron chi connectivity index (χ3n) is 5.50. The van der Waals surface area contributed by atoms with E-state index >= 15 is 0 Å². The van der Waals surface area contributed by atoms with Crippen molar-refractivity contribution >= 4 is 5.82 Å². The summed E-state index contributed by atoms with van der Waals surface area (Å²) in [5.74, 6) is 0.957. The molecule has 0 bridgehead atoms. The molecule has 0 saturated carbocycles. The number of hydrogen-bond donors (Lipinski definition) is 0. The summed E-state index contributed by atoms with van der Waals surface area (Å²) in [6, 6.07) is 20.7. The first kappa shape index (κ1) is 18.5. The van der Waals surface area contributed by atoms with Gasteiger partial charge in [0.2, 0.25) is 0 Å². The fourth-order valence-corrected chi connectivity index (χ4v) is 3.91. The number of benzene rings is 2. The monoisotopic (exact) mass is 396 g/mol. The maximum atomic E-state index is 4.94. The Morgan fingerprint density at radius 1 is 0.800 bits per heavy atom. The maximum absolute atomic E-state index is 4.94. The second kappa shape index (κ2) is 8.47. The van der Waals surface area contributed by atoms with Gasteiger partial charge in [-0.05, 0) is 12.1 Å². The smallest absolute Gasteiger partial charge is 0.147 e. The molecule has 1 aliphatic heterocycles. The lowest BCUT2D eigenvalue weighted by molar-refractivity contribution is 0.249. The molecule has 0 spiro atoms. The van der Waals surface area contributed by atoms with Crippen LogP contribution >= 0.6 is 0 Å². The zero-order chi connectivity index (χ0) is 20.2. The van der Waals surface area contributed by atoms with Gasteiger partial charge in [0.1, 0.15) is 5.82 Å². The van der Waals surface area contributed by atoms with Crippen molar-refractivity contribution in [2.24, 2.45) is 0 Å². The van der Waals surface area contributed by atoms with Crippen LogP contribution in [-0.4, -0.2) is 50.8 Å². The van der Waals surface area contributed by atoms with Gasteiger partial charge in [0.15, 0.2) is 0 Å². The number of para-hydroxylation sites is 1. The van der Waals surface area contributed by atoms with E-state index in [9.17, 15) is 0 Å².